The Morgan fingerprint density at radius 3 is 2.68 bits per heavy atom. The Balaban J connectivity index is 1.92. The number of ether oxygens (including phenoxy) is 2. The molecule has 2 aliphatic rings. The van der Waals surface area contributed by atoms with Crippen molar-refractivity contribution in [2.75, 3.05) is 13.2 Å². The molecule has 0 saturated carbocycles. The topological polar surface area (TPSA) is 116 Å². The Kier molecular flexibility index (Phi) is 5.85. The van der Waals surface area contributed by atoms with Crippen LogP contribution in [0.1, 0.15) is 13.3 Å². The van der Waals surface area contributed by atoms with Crippen molar-refractivity contribution in [3.05, 3.63) is 23.8 Å². The van der Waals surface area contributed by atoms with E-state index in [-0.39, 0.29) is 18.3 Å². The van der Waals surface area contributed by atoms with Gasteiger partial charge in [-0.15, -0.1) is 0 Å². The third-order valence-corrected chi connectivity index (χ3v) is 3.92. The average molecular weight is 314 g/mol. The van der Waals surface area contributed by atoms with Crippen LogP contribution >= 0.6 is 0 Å². The summed E-state index contributed by atoms with van der Waals surface area (Å²) in [7, 11) is 0. The minimum Gasteiger partial charge on any atom is -0.394 e. The van der Waals surface area contributed by atoms with E-state index in [1.807, 2.05) is 13.0 Å². The van der Waals surface area contributed by atoms with E-state index in [0.717, 1.165) is 0 Å². The van der Waals surface area contributed by atoms with Crippen LogP contribution in [0.3, 0.4) is 0 Å². The molecule has 0 spiro atoms. The molecule has 0 bridgehead atoms. The third kappa shape index (κ3) is 3.62. The van der Waals surface area contributed by atoms with Crippen molar-refractivity contribution in [1.29, 1.82) is 0 Å². The molecule has 6 atom stereocenters. The van der Waals surface area contributed by atoms with E-state index in [1.165, 1.54) is 6.08 Å². The van der Waals surface area contributed by atoms with Crippen LogP contribution in [-0.2, 0) is 14.3 Å². The second kappa shape index (κ2) is 7.45. The van der Waals surface area contributed by atoms with Crippen molar-refractivity contribution in [3.8, 4) is 0 Å². The van der Waals surface area contributed by atoms with Crippen molar-refractivity contribution in [2.24, 2.45) is 5.92 Å². The van der Waals surface area contributed by atoms with Gasteiger partial charge in [0.1, 0.15) is 24.4 Å². The van der Waals surface area contributed by atoms with Gasteiger partial charge < -0.3 is 29.9 Å². The summed E-state index contributed by atoms with van der Waals surface area (Å²) < 4.78 is 10.7. The number of rotatable bonds is 5. The first-order valence-corrected chi connectivity index (χ1v) is 7.28. The van der Waals surface area contributed by atoms with Crippen LogP contribution in [-0.4, -0.2) is 70.1 Å². The number of allylic oxidation sites excluding steroid dienone is 3. The number of hydrogen-bond donors (Lipinski definition) is 4. The van der Waals surface area contributed by atoms with Crippen molar-refractivity contribution in [3.63, 3.8) is 0 Å². The Hall–Kier alpha value is -1.09. The molecule has 0 unspecified atom stereocenters. The zero-order valence-electron chi connectivity index (χ0n) is 12.3. The fourth-order valence-corrected chi connectivity index (χ4v) is 2.55. The standard InChI is InChI=1S/C15H22O7/c1-8(9-4-2-3-5-10(9)17)7-21-15-14(20)13(19)12(18)11(6-16)22-15/h3-5,8,11-16,18-20H,2,6-7H2,1H3/t8-,11-,12-,13+,14-,15-/m1/s1. The van der Waals surface area contributed by atoms with E-state index in [2.05, 4.69) is 0 Å². The molecule has 0 aromatic carbocycles. The lowest BCUT2D eigenvalue weighted by atomic mass is 9.93. The Morgan fingerprint density at radius 2 is 2.05 bits per heavy atom. The molecule has 1 aliphatic heterocycles. The molecule has 1 heterocycles. The predicted octanol–water partition coefficient (Wildman–Crippen LogP) is -1.11. The van der Waals surface area contributed by atoms with E-state index in [4.69, 9.17) is 14.6 Å². The van der Waals surface area contributed by atoms with E-state index < -0.39 is 37.3 Å². The molecule has 1 saturated heterocycles. The molecule has 0 radical (unpaired) electrons. The summed E-state index contributed by atoms with van der Waals surface area (Å²) >= 11 is 0. The highest BCUT2D eigenvalue weighted by Gasteiger charge is 2.44. The van der Waals surface area contributed by atoms with E-state index in [9.17, 15) is 20.1 Å². The van der Waals surface area contributed by atoms with Gasteiger partial charge in [-0.05, 0) is 12.5 Å². The van der Waals surface area contributed by atoms with Gasteiger partial charge in [0.2, 0.25) is 0 Å². The fourth-order valence-electron chi connectivity index (χ4n) is 2.55. The fraction of sp³-hybridized carbons (Fsp3) is 0.667. The molecule has 2 rings (SSSR count). The Bertz CT molecular complexity index is 457. The Morgan fingerprint density at radius 1 is 1.32 bits per heavy atom. The maximum Gasteiger partial charge on any atom is 0.186 e. The quantitative estimate of drug-likeness (QED) is 0.508. The van der Waals surface area contributed by atoms with Crippen LogP contribution in [0.2, 0.25) is 0 Å². The van der Waals surface area contributed by atoms with Crippen molar-refractivity contribution < 1.29 is 34.7 Å². The second-order valence-corrected chi connectivity index (χ2v) is 5.59. The first-order valence-electron chi connectivity index (χ1n) is 7.28. The van der Waals surface area contributed by atoms with Gasteiger partial charge in [0.15, 0.2) is 12.1 Å². The molecule has 1 aliphatic carbocycles. The number of ketones is 1. The normalized spacial score (nSPS) is 37.0. The highest BCUT2D eigenvalue weighted by atomic mass is 16.7. The van der Waals surface area contributed by atoms with Crippen LogP contribution in [0.5, 0.6) is 0 Å². The van der Waals surface area contributed by atoms with Crippen LogP contribution in [0.15, 0.2) is 23.8 Å². The van der Waals surface area contributed by atoms with Gasteiger partial charge in [0, 0.05) is 11.5 Å². The summed E-state index contributed by atoms with van der Waals surface area (Å²) in [5.41, 5.74) is 0.632. The number of aliphatic hydroxyl groups excluding tert-OH is 4. The number of carbonyl (C=O) groups is 1. The first-order chi connectivity index (χ1) is 10.5. The molecule has 4 N–H and O–H groups in total. The van der Waals surface area contributed by atoms with E-state index >= 15 is 0 Å². The van der Waals surface area contributed by atoms with Crippen molar-refractivity contribution in [1.82, 2.24) is 0 Å². The van der Waals surface area contributed by atoms with E-state index in [0.29, 0.717) is 12.0 Å². The lowest BCUT2D eigenvalue weighted by molar-refractivity contribution is -0.302. The smallest absolute Gasteiger partial charge is 0.186 e. The second-order valence-electron chi connectivity index (χ2n) is 5.59. The van der Waals surface area contributed by atoms with Crippen molar-refractivity contribution in [2.45, 2.75) is 44.1 Å². The lowest BCUT2D eigenvalue weighted by Crippen LogP contribution is -2.59. The minimum absolute atomic E-state index is 0.0730. The minimum atomic E-state index is -1.47. The van der Waals surface area contributed by atoms with Crippen LogP contribution < -0.4 is 0 Å². The van der Waals surface area contributed by atoms with Gasteiger partial charge in [-0.3, -0.25) is 4.79 Å². The molecular weight excluding hydrogens is 292 g/mol. The van der Waals surface area contributed by atoms with E-state index in [1.54, 1.807) is 6.08 Å². The number of hydrogen-bond acceptors (Lipinski definition) is 7. The summed E-state index contributed by atoms with van der Waals surface area (Å²) in [6, 6.07) is 0. The molecule has 124 valence electrons. The zero-order valence-corrected chi connectivity index (χ0v) is 12.3. The third-order valence-electron chi connectivity index (χ3n) is 3.92. The number of carbonyl (C=O) groups excluding carboxylic acids is 1. The van der Waals surface area contributed by atoms with Gasteiger partial charge in [-0.25, -0.2) is 0 Å². The zero-order chi connectivity index (χ0) is 16.3. The monoisotopic (exact) mass is 314 g/mol. The van der Waals surface area contributed by atoms with Gasteiger partial charge in [-0.1, -0.05) is 19.1 Å². The first kappa shape index (κ1) is 17.3. The Labute approximate surface area is 128 Å². The van der Waals surface area contributed by atoms with Gasteiger partial charge in [0.05, 0.1) is 13.2 Å². The molecule has 1 fully saturated rings. The average Bonchev–Trinajstić information content (AvgIpc) is 2.52. The molecule has 0 aromatic heterocycles. The van der Waals surface area contributed by atoms with Gasteiger partial charge in [0.25, 0.3) is 0 Å². The van der Waals surface area contributed by atoms with Crippen molar-refractivity contribution >= 4 is 5.78 Å². The summed E-state index contributed by atoms with van der Waals surface area (Å²) in [5, 5.41) is 38.3. The highest BCUT2D eigenvalue weighted by Crippen LogP contribution is 2.24. The molecule has 7 heteroatoms. The molecule has 7 nitrogen and oxygen atoms in total. The summed E-state index contributed by atoms with van der Waals surface area (Å²) in [6.45, 7) is 1.41. The number of aliphatic hydroxyl groups is 4. The maximum absolute atomic E-state index is 11.7. The van der Waals surface area contributed by atoms with Crippen LogP contribution in [0.25, 0.3) is 0 Å². The highest BCUT2D eigenvalue weighted by molar-refractivity contribution is 6.05. The largest absolute Gasteiger partial charge is 0.394 e. The van der Waals surface area contributed by atoms with Gasteiger partial charge >= 0.3 is 0 Å². The predicted molar refractivity (Wildman–Crippen MR) is 75.7 cm³/mol. The molecule has 22 heavy (non-hydrogen) atoms. The summed E-state index contributed by atoms with van der Waals surface area (Å²) in [5.74, 6) is -0.277. The SMILES string of the molecule is C[C@H](CO[C@@H]1O[C@H](CO)[C@@H](O)[C@H](O)[C@H]1O)C1=CCC=CC1=O. The van der Waals surface area contributed by atoms with Crippen LogP contribution in [0, 0.1) is 5.92 Å². The maximum atomic E-state index is 11.7. The van der Waals surface area contributed by atoms with Crippen LogP contribution in [0.4, 0.5) is 0 Å². The van der Waals surface area contributed by atoms with Gasteiger partial charge in [-0.2, -0.15) is 0 Å². The summed E-state index contributed by atoms with van der Waals surface area (Å²) in [4.78, 5) is 11.7. The molecular formula is C15H22O7. The molecule has 0 amide bonds. The lowest BCUT2D eigenvalue weighted by Gasteiger charge is -2.39. The molecule has 0 aromatic rings. The summed E-state index contributed by atoms with van der Waals surface area (Å²) in [6.07, 6.45) is -0.688.